The molecule has 6 nitrogen and oxygen atoms in total. The van der Waals surface area contributed by atoms with Crippen LogP contribution in [0.3, 0.4) is 0 Å². The number of rotatable bonds is 45. The zero-order chi connectivity index (χ0) is 41.9. The minimum Gasteiger partial charge on any atom is -0.462 e. The number of carbonyl (C=O) groups is 3. The lowest BCUT2D eigenvalue weighted by Gasteiger charge is -2.18. The van der Waals surface area contributed by atoms with E-state index in [2.05, 4.69) is 34.6 Å². The average Bonchev–Trinajstić information content (AvgIpc) is 3.19. The molecule has 0 bridgehead atoms. The van der Waals surface area contributed by atoms with Crippen LogP contribution >= 0.6 is 0 Å². The Balaban J connectivity index is 4.31. The van der Waals surface area contributed by atoms with Crippen molar-refractivity contribution in [3.63, 3.8) is 0 Å². The van der Waals surface area contributed by atoms with Crippen molar-refractivity contribution in [3.05, 3.63) is 0 Å². The predicted molar refractivity (Wildman–Crippen MR) is 243 cm³/mol. The molecule has 0 radical (unpaired) electrons. The van der Waals surface area contributed by atoms with Gasteiger partial charge in [0.05, 0.1) is 0 Å². The first-order valence-electron chi connectivity index (χ1n) is 25.3. The quantitative estimate of drug-likeness (QED) is 0.0346. The molecule has 0 aliphatic rings. The van der Waals surface area contributed by atoms with Crippen molar-refractivity contribution in [1.29, 1.82) is 0 Å². The Bertz CT molecular complexity index is 872. The van der Waals surface area contributed by atoms with Crippen LogP contribution in [0.5, 0.6) is 0 Å². The van der Waals surface area contributed by atoms with Crippen molar-refractivity contribution < 1.29 is 28.6 Å². The van der Waals surface area contributed by atoms with E-state index in [-0.39, 0.29) is 31.1 Å². The first-order valence-corrected chi connectivity index (χ1v) is 25.3. The average molecular weight is 807 g/mol. The highest BCUT2D eigenvalue weighted by atomic mass is 16.6. The molecule has 57 heavy (non-hydrogen) atoms. The molecule has 0 aliphatic heterocycles. The first kappa shape index (κ1) is 55.4. The summed E-state index contributed by atoms with van der Waals surface area (Å²) >= 11 is 0. The Labute approximate surface area is 355 Å². The van der Waals surface area contributed by atoms with E-state index in [0.29, 0.717) is 19.3 Å². The van der Waals surface area contributed by atoms with E-state index < -0.39 is 6.10 Å². The van der Waals surface area contributed by atoms with E-state index in [1.165, 1.54) is 167 Å². The smallest absolute Gasteiger partial charge is 0.306 e. The lowest BCUT2D eigenvalue weighted by atomic mass is 10.00. The van der Waals surface area contributed by atoms with E-state index >= 15 is 0 Å². The van der Waals surface area contributed by atoms with Gasteiger partial charge in [0.2, 0.25) is 0 Å². The van der Waals surface area contributed by atoms with Crippen LogP contribution < -0.4 is 0 Å². The second kappa shape index (κ2) is 44.0. The minimum atomic E-state index is -0.761. The summed E-state index contributed by atoms with van der Waals surface area (Å²) in [6.07, 6.45) is 43.7. The van der Waals surface area contributed by atoms with Crippen LogP contribution in [0, 0.1) is 11.8 Å². The third-order valence-electron chi connectivity index (χ3n) is 11.8. The van der Waals surface area contributed by atoms with Gasteiger partial charge in [-0.2, -0.15) is 0 Å². The highest BCUT2D eigenvalue weighted by Gasteiger charge is 2.19. The van der Waals surface area contributed by atoms with Crippen molar-refractivity contribution >= 4 is 17.9 Å². The van der Waals surface area contributed by atoms with E-state index in [9.17, 15) is 14.4 Å². The summed E-state index contributed by atoms with van der Waals surface area (Å²) < 4.78 is 16.8. The Morgan fingerprint density at radius 1 is 0.368 bits per heavy atom. The molecule has 0 spiro atoms. The van der Waals surface area contributed by atoms with Gasteiger partial charge in [0, 0.05) is 19.3 Å². The molecule has 1 unspecified atom stereocenters. The minimum absolute atomic E-state index is 0.0645. The normalized spacial score (nSPS) is 12.5. The highest BCUT2D eigenvalue weighted by Crippen LogP contribution is 2.17. The Morgan fingerprint density at radius 2 is 0.667 bits per heavy atom. The molecule has 0 heterocycles. The van der Waals surface area contributed by atoms with Gasteiger partial charge in [0.25, 0.3) is 0 Å². The van der Waals surface area contributed by atoms with Gasteiger partial charge in [0.15, 0.2) is 6.10 Å². The molecular formula is C51H98O6. The maximum absolute atomic E-state index is 12.8. The van der Waals surface area contributed by atoms with Gasteiger partial charge in [-0.3, -0.25) is 14.4 Å². The number of carbonyl (C=O) groups excluding carboxylic acids is 3. The molecule has 0 saturated heterocycles. The number of ether oxygens (including phenoxy) is 3. The standard InChI is InChI=1S/C51H98O6/c1-6-8-9-10-11-12-13-14-15-20-23-26-33-38-43-51(54)57-48(45-56-50(53)42-37-32-28-27-30-35-40-47(5)7-2)44-55-49(52)41-36-31-25-22-19-17-16-18-21-24-29-34-39-46(3)4/h46-48H,6-45H2,1-5H3/t47?,48-/m1/s1. The number of unbranched alkanes of at least 4 members (excludes halogenated alkanes) is 29. The topological polar surface area (TPSA) is 78.9 Å². The Morgan fingerprint density at radius 3 is 1.00 bits per heavy atom. The Hall–Kier alpha value is -1.59. The zero-order valence-corrected chi connectivity index (χ0v) is 39.0. The lowest BCUT2D eigenvalue weighted by molar-refractivity contribution is -0.167. The number of hydrogen-bond donors (Lipinski definition) is 0. The van der Waals surface area contributed by atoms with Crippen LogP contribution in [0.2, 0.25) is 0 Å². The largest absolute Gasteiger partial charge is 0.462 e. The molecule has 338 valence electrons. The van der Waals surface area contributed by atoms with Gasteiger partial charge in [-0.05, 0) is 31.1 Å². The van der Waals surface area contributed by atoms with E-state index in [0.717, 1.165) is 69.6 Å². The van der Waals surface area contributed by atoms with Crippen LogP contribution in [0.15, 0.2) is 0 Å². The fraction of sp³-hybridized carbons (Fsp3) is 0.941. The second-order valence-electron chi connectivity index (χ2n) is 18.2. The molecule has 0 aromatic heterocycles. The third kappa shape index (κ3) is 43.8. The molecule has 0 saturated carbocycles. The summed E-state index contributed by atoms with van der Waals surface area (Å²) in [7, 11) is 0. The zero-order valence-electron chi connectivity index (χ0n) is 39.0. The SMILES string of the molecule is CCCCCCCCCCCCCCCCC(=O)O[C@H](COC(=O)CCCCCCCCCCCCCCC(C)C)COC(=O)CCCCCCCCC(C)CC. The van der Waals surface area contributed by atoms with E-state index in [4.69, 9.17) is 14.2 Å². The van der Waals surface area contributed by atoms with Crippen LogP contribution in [0.25, 0.3) is 0 Å². The maximum atomic E-state index is 12.8. The van der Waals surface area contributed by atoms with Crippen molar-refractivity contribution in [3.8, 4) is 0 Å². The lowest BCUT2D eigenvalue weighted by Crippen LogP contribution is -2.30. The Kier molecular flexibility index (Phi) is 42.7. The molecule has 0 aromatic rings. The van der Waals surface area contributed by atoms with Gasteiger partial charge in [-0.25, -0.2) is 0 Å². The van der Waals surface area contributed by atoms with Gasteiger partial charge < -0.3 is 14.2 Å². The molecule has 2 atom stereocenters. The van der Waals surface area contributed by atoms with Crippen LogP contribution in [-0.4, -0.2) is 37.2 Å². The first-order chi connectivity index (χ1) is 27.8. The monoisotopic (exact) mass is 807 g/mol. The van der Waals surface area contributed by atoms with Gasteiger partial charge >= 0.3 is 17.9 Å². The predicted octanol–water partition coefficient (Wildman–Crippen LogP) is 16.1. The van der Waals surface area contributed by atoms with E-state index in [1.54, 1.807) is 0 Å². The fourth-order valence-corrected chi connectivity index (χ4v) is 7.60. The number of esters is 3. The maximum Gasteiger partial charge on any atom is 0.306 e. The molecule has 0 fully saturated rings. The van der Waals surface area contributed by atoms with Crippen molar-refractivity contribution in [1.82, 2.24) is 0 Å². The third-order valence-corrected chi connectivity index (χ3v) is 11.8. The molecule has 0 rings (SSSR count). The second-order valence-corrected chi connectivity index (χ2v) is 18.2. The number of hydrogen-bond acceptors (Lipinski definition) is 6. The highest BCUT2D eigenvalue weighted by molar-refractivity contribution is 5.71. The van der Waals surface area contributed by atoms with Crippen molar-refractivity contribution in [2.45, 2.75) is 285 Å². The van der Waals surface area contributed by atoms with E-state index in [1.807, 2.05) is 0 Å². The molecule has 0 amide bonds. The summed E-state index contributed by atoms with van der Waals surface area (Å²) in [6, 6.07) is 0. The van der Waals surface area contributed by atoms with Gasteiger partial charge in [0.1, 0.15) is 13.2 Å². The van der Waals surface area contributed by atoms with Crippen molar-refractivity contribution in [2.24, 2.45) is 11.8 Å². The van der Waals surface area contributed by atoms with Gasteiger partial charge in [-0.1, -0.05) is 240 Å². The summed E-state index contributed by atoms with van der Waals surface area (Å²) in [5, 5.41) is 0. The summed E-state index contributed by atoms with van der Waals surface area (Å²) in [5.41, 5.74) is 0. The van der Waals surface area contributed by atoms with Crippen LogP contribution in [0.1, 0.15) is 279 Å². The van der Waals surface area contributed by atoms with Gasteiger partial charge in [-0.15, -0.1) is 0 Å². The summed E-state index contributed by atoms with van der Waals surface area (Å²) in [5.74, 6) is 0.796. The molecule has 6 heteroatoms. The molecule has 0 N–H and O–H groups in total. The van der Waals surface area contributed by atoms with Crippen molar-refractivity contribution in [2.75, 3.05) is 13.2 Å². The summed E-state index contributed by atoms with van der Waals surface area (Å²) in [4.78, 5) is 37.9. The summed E-state index contributed by atoms with van der Waals surface area (Å²) in [6.45, 7) is 11.3. The van der Waals surface area contributed by atoms with Crippen LogP contribution in [0.4, 0.5) is 0 Å². The molecular weight excluding hydrogens is 709 g/mol. The molecule has 0 aromatic carbocycles. The fourth-order valence-electron chi connectivity index (χ4n) is 7.60. The molecule has 0 aliphatic carbocycles. The van der Waals surface area contributed by atoms with Crippen LogP contribution in [-0.2, 0) is 28.6 Å².